The minimum absolute atomic E-state index is 0.136. The van der Waals surface area contributed by atoms with Crippen LogP contribution in [0.25, 0.3) is 0 Å². The number of carbonyl (C=O) groups excluding carboxylic acids is 1. The van der Waals surface area contributed by atoms with Crippen molar-refractivity contribution in [3.8, 4) is 0 Å². The summed E-state index contributed by atoms with van der Waals surface area (Å²) in [5, 5.41) is 9.69. The highest BCUT2D eigenvalue weighted by Crippen LogP contribution is 2.45. The average molecular weight is 283 g/mol. The molecule has 0 atom stereocenters. The predicted octanol–water partition coefficient (Wildman–Crippen LogP) is 3.30. The second kappa shape index (κ2) is 6.15. The predicted molar refractivity (Wildman–Crippen MR) is 79.5 cm³/mol. The summed E-state index contributed by atoms with van der Waals surface area (Å²) in [6.07, 6.45) is 4.02. The van der Waals surface area contributed by atoms with Gasteiger partial charge in [-0.15, -0.1) is 0 Å². The third kappa shape index (κ3) is 2.99. The molecule has 0 aromatic carbocycles. The van der Waals surface area contributed by atoms with Crippen molar-refractivity contribution in [2.75, 3.05) is 6.54 Å². The van der Waals surface area contributed by atoms with Crippen molar-refractivity contribution in [2.24, 2.45) is 11.3 Å². The Labute approximate surface area is 122 Å². The molecule has 0 unspecified atom stereocenters. The normalized spacial score (nSPS) is 27.1. The summed E-state index contributed by atoms with van der Waals surface area (Å²) in [4.78, 5) is 25.1. The highest BCUT2D eigenvalue weighted by atomic mass is 16.4. The Hall–Kier alpha value is -1.06. The molecular weight excluding hydrogens is 254 g/mol. The van der Waals surface area contributed by atoms with Gasteiger partial charge in [0.2, 0.25) is 5.91 Å². The summed E-state index contributed by atoms with van der Waals surface area (Å²) >= 11 is 0. The molecule has 4 heteroatoms. The third-order valence-corrected chi connectivity index (χ3v) is 5.44. The topological polar surface area (TPSA) is 57.6 Å². The largest absolute Gasteiger partial charge is 0.479 e. The molecule has 0 aromatic heterocycles. The van der Waals surface area contributed by atoms with Crippen LogP contribution >= 0.6 is 0 Å². The minimum Gasteiger partial charge on any atom is -0.479 e. The van der Waals surface area contributed by atoms with Gasteiger partial charge in [-0.2, -0.15) is 0 Å². The Morgan fingerprint density at radius 1 is 1.25 bits per heavy atom. The standard InChI is InChI=1S/C16H29NO3/c1-6-15(4,5)13-8-10-16(11-9-13,14(19)20)17(7-2)12(3)18/h13H,6-11H2,1-5H3,(H,19,20). The van der Waals surface area contributed by atoms with E-state index in [0.29, 0.717) is 25.3 Å². The zero-order chi connectivity index (χ0) is 15.6. The Kier molecular flexibility index (Phi) is 5.22. The van der Waals surface area contributed by atoms with Crippen molar-refractivity contribution < 1.29 is 14.7 Å². The molecule has 1 saturated carbocycles. The molecule has 0 bridgehead atoms. The fourth-order valence-electron chi connectivity index (χ4n) is 3.59. The SMILES string of the molecule is CCN(C(C)=O)C1(C(=O)O)CCC(C(C)(C)CC)CC1. The van der Waals surface area contributed by atoms with Crippen LogP contribution in [0.3, 0.4) is 0 Å². The van der Waals surface area contributed by atoms with Crippen LogP contribution in [-0.4, -0.2) is 34.0 Å². The molecule has 20 heavy (non-hydrogen) atoms. The van der Waals surface area contributed by atoms with E-state index in [4.69, 9.17) is 0 Å². The lowest BCUT2D eigenvalue weighted by molar-refractivity contribution is -0.162. The van der Waals surface area contributed by atoms with Crippen LogP contribution in [0.4, 0.5) is 0 Å². The van der Waals surface area contributed by atoms with Crippen LogP contribution in [0.5, 0.6) is 0 Å². The molecule has 0 spiro atoms. The Balaban J connectivity index is 2.94. The van der Waals surface area contributed by atoms with E-state index in [-0.39, 0.29) is 11.3 Å². The number of hydrogen-bond donors (Lipinski definition) is 1. The number of carboxylic acids is 1. The number of rotatable bonds is 5. The van der Waals surface area contributed by atoms with Crippen molar-refractivity contribution >= 4 is 11.9 Å². The van der Waals surface area contributed by atoms with Crippen molar-refractivity contribution in [3.05, 3.63) is 0 Å². The van der Waals surface area contributed by atoms with Gasteiger partial charge in [0, 0.05) is 13.5 Å². The fourth-order valence-corrected chi connectivity index (χ4v) is 3.59. The third-order valence-electron chi connectivity index (χ3n) is 5.44. The molecule has 1 aliphatic rings. The molecule has 4 nitrogen and oxygen atoms in total. The van der Waals surface area contributed by atoms with E-state index in [1.54, 1.807) is 4.90 Å². The molecule has 0 heterocycles. The van der Waals surface area contributed by atoms with E-state index in [0.717, 1.165) is 19.3 Å². The summed E-state index contributed by atoms with van der Waals surface area (Å²) < 4.78 is 0. The summed E-state index contributed by atoms with van der Waals surface area (Å²) in [6.45, 7) is 10.5. The molecule has 0 aromatic rings. The van der Waals surface area contributed by atoms with E-state index in [2.05, 4.69) is 20.8 Å². The van der Waals surface area contributed by atoms with Crippen LogP contribution in [-0.2, 0) is 9.59 Å². The number of hydrogen-bond acceptors (Lipinski definition) is 2. The Bertz CT molecular complexity index is 368. The van der Waals surface area contributed by atoms with Gasteiger partial charge in [-0.3, -0.25) is 4.79 Å². The van der Waals surface area contributed by atoms with Crippen molar-refractivity contribution in [2.45, 2.75) is 72.3 Å². The zero-order valence-electron chi connectivity index (χ0n) is 13.5. The van der Waals surface area contributed by atoms with Crippen molar-refractivity contribution in [1.82, 2.24) is 4.90 Å². The van der Waals surface area contributed by atoms with Crippen LogP contribution < -0.4 is 0 Å². The van der Waals surface area contributed by atoms with Crippen molar-refractivity contribution in [1.29, 1.82) is 0 Å². The van der Waals surface area contributed by atoms with Gasteiger partial charge in [0.25, 0.3) is 0 Å². The highest BCUT2D eigenvalue weighted by molar-refractivity contribution is 5.86. The average Bonchev–Trinajstić information content (AvgIpc) is 2.39. The number of carbonyl (C=O) groups is 2. The summed E-state index contributed by atoms with van der Waals surface area (Å²) in [7, 11) is 0. The molecule has 116 valence electrons. The smallest absolute Gasteiger partial charge is 0.329 e. The van der Waals surface area contributed by atoms with Gasteiger partial charge < -0.3 is 10.0 Å². The highest BCUT2D eigenvalue weighted by Gasteiger charge is 2.49. The van der Waals surface area contributed by atoms with Gasteiger partial charge in [-0.05, 0) is 43.9 Å². The van der Waals surface area contributed by atoms with Gasteiger partial charge in [0.1, 0.15) is 5.54 Å². The Morgan fingerprint density at radius 3 is 2.05 bits per heavy atom. The molecule has 0 aliphatic heterocycles. The van der Waals surface area contributed by atoms with Gasteiger partial charge >= 0.3 is 5.97 Å². The number of carboxylic acid groups (broad SMARTS) is 1. The first kappa shape index (κ1) is 17.0. The van der Waals surface area contributed by atoms with Gasteiger partial charge in [0.15, 0.2) is 0 Å². The summed E-state index contributed by atoms with van der Waals surface area (Å²) in [5.41, 5.74) is -0.737. The molecule has 1 rings (SSSR count). The maximum absolute atomic E-state index is 11.8. The van der Waals surface area contributed by atoms with Crippen LogP contribution in [0.1, 0.15) is 66.7 Å². The van der Waals surface area contributed by atoms with E-state index in [9.17, 15) is 14.7 Å². The van der Waals surface area contributed by atoms with Crippen LogP contribution in [0.2, 0.25) is 0 Å². The summed E-state index contributed by atoms with van der Waals surface area (Å²) in [6, 6.07) is 0. The maximum atomic E-state index is 11.8. The van der Waals surface area contributed by atoms with Crippen LogP contribution in [0, 0.1) is 11.3 Å². The molecule has 1 aliphatic carbocycles. The first-order valence-corrected chi connectivity index (χ1v) is 7.73. The first-order chi connectivity index (χ1) is 9.21. The molecule has 1 fully saturated rings. The number of nitrogens with zero attached hydrogens (tertiary/aromatic N) is 1. The quantitative estimate of drug-likeness (QED) is 0.842. The maximum Gasteiger partial charge on any atom is 0.329 e. The molecule has 1 amide bonds. The van der Waals surface area contributed by atoms with E-state index in [1.165, 1.54) is 6.92 Å². The van der Waals surface area contributed by atoms with Crippen LogP contribution in [0.15, 0.2) is 0 Å². The zero-order valence-corrected chi connectivity index (χ0v) is 13.5. The van der Waals surface area contributed by atoms with E-state index in [1.807, 2.05) is 6.92 Å². The minimum atomic E-state index is -0.985. The lowest BCUT2D eigenvalue weighted by atomic mass is 9.65. The molecule has 1 N–H and O–H groups in total. The van der Waals surface area contributed by atoms with E-state index >= 15 is 0 Å². The Morgan fingerprint density at radius 2 is 1.75 bits per heavy atom. The lowest BCUT2D eigenvalue weighted by Gasteiger charge is -2.47. The van der Waals surface area contributed by atoms with Gasteiger partial charge in [-0.1, -0.05) is 27.2 Å². The number of aliphatic carboxylic acids is 1. The number of amides is 1. The molecule has 0 radical (unpaired) electrons. The first-order valence-electron chi connectivity index (χ1n) is 7.73. The van der Waals surface area contributed by atoms with E-state index < -0.39 is 11.5 Å². The fraction of sp³-hybridized carbons (Fsp3) is 0.875. The molecule has 0 saturated heterocycles. The summed E-state index contributed by atoms with van der Waals surface area (Å²) in [5.74, 6) is -0.434. The number of likely N-dealkylation sites (N-methyl/N-ethyl adjacent to an activating group) is 1. The second-order valence-electron chi connectivity index (χ2n) is 6.72. The molecular formula is C16H29NO3. The van der Waals surface area contributed by atoms with Crippen molar-refractivity contribution in [3.63, 3.8) is 0 Å². The lowest BCUT2D eigenvalue weighted by Crippen LogP contribution is -2.58. The van der Waals surface area contributed by atoms with Gasteiger partial charge in [-0.25, -0.2) is 4.79 Å². The monoisotopic (exact) mass is 283 g/mol. The van der Waals surface area contributed by atoms with Gasteiger partial charge in [0.05, 0.1) is 0 Å². The second-order valence-corrected chi connectivity index (χ2v) is 6.72.